The highest BCUT2D eigenvalue weighted by atomic mass is 35.5. The molecule has 2 aromatic heterocycles. The van der Waals surface area contributed by atoms with E-state index >= 15 is 0 Å². The van der Waals surface area contributed by atoms with Crippen molar-refractivity contribution in [1.29, 1.82) is 0 Å². The van der Waals surface area contributed by atoms with Gasteiger partial charge in [0.15, 0.2) is 11.3 Å². The highest BCUT2D eigenvalue weighted by molar-refractivity contribution is 6.33. The Bertz CT molecular complexity index is 1610. The largest absolute Gasteiger partial charge is 0.420 e. The molecule has 4 aromatic rings. The average molecular weight is 571 g/mol. The van der Waals surface area contributed by atoms with Crippen LogP contribution in [0, 0.1) is 12.7 Å². The molecule has 1 fully saturated rings. The second-order valence-electron chi connectivity index (χ2n) is 9.87. The molecule has 2 aromatic carbocycles. The molecular weight excluding hydrogens is 544 g/mol. The predicted molar refractivity (Wildman–Crippen MR) is 147 cm³/mol. The van der Waals surface area contributed by atoms with Gasteiger partial charge in [-0.25, -0.2) is 9.37 Å². The van der Waals surface area contributed by atoms with Crippen LogP contribution in [-0.4, -0.2) is 46.9 Å². The Morgan fingerprint density at radius 3 is 2.65 bits per heavy atom. The Hall–Kier alpha value is -3.69. The molecule has 0 spiro atoms. The van der Waals surface area contributed by atoms with Crippen LogP contribution in [0.15, 0.2) is 66.9 Å². The normalized spacial score (nSPS) is 16.2. The Labute approximate surface area is 234 Å². The van der Waals surface area contributed by atoms with E-state index in [9.17, 15) is 22.4 Å². The average Bonchev–Trinajstić information content (AvgIpc) is 3.54. The van der Waals surface area contributed by atoms with Crippen molar-refractivity contribution >= 4 is 28.7 Å². The number of likely N-dealkylation sites (N-methyl/N-ethyl adjacent to an activating group) is 1. The lowest BCUT2D eigenvalue weighted by atomic mass is 9.94. The number of hydrogen-bond donors (Lipinski definition) is 1. The van der Waals surface area contributed by atoms with E-state index in [0.717, 1.165) is 27.2 Å². The maximum Gasteiger partial charge on any atom is 0.420 e. The van der Waals surface area contributed by atoms with Crippen LogP contribution in [0.25, 0.3) is 11.2 Å². The lowest BCUT2D eigenvalue weighted by Gasteiger charge is -2.16. The van der Waals surface area contributed by atoms with Crippen molar-refractivity contribution in [3.63, 3.8) is 0 Å². The summed E-state index contributed by atoms with van der Waals surface area (Å²) in [7, 11) is 1.75. The van der Waals surface area contributed by atoms with Gasteiger partial charge in [-0.1, -0.05) is 54.1 Å². The smallest absolute Gasteiger partial charge is 0.337 e. The number of aromatic nitrogens is 2. The van der Waals surface area contributed by atoms with Gasteiger partial charge in [-0.05, 0) is 66.4 Å². The number of imidazole rings is 1. The molecule has 40 heavy (non-hydrogen) atoms. The first-order valence-electron chi connectivity index (χ1n) is 12.8. The number of fused-ring (bicyclic) bond motifs is 1. The molecule has 0 radical (unpaired) electrons. The maximum absolute atomic E-state index is 14.4. The first-order valence-corrected chi connectivity index (χ1v) is 13.2. The number of rotatable bonds is 6. The van der Waals surface area contributed by atoms with E-state index < -0.39 is 23.3 Å². The molecule has 5 nitrogen and oxygen atoms in total. The third-order valence-corrected chi connectivity index (χ3v) is 7.58. The molecule has 5 rings (SSSR count). The minimum absolute atomic E-state index is 0.0956. The molecule has 10 heteroatoms. The Morgan fingerprint density at radius 2 is 1.95 bits per heavy atom. The number of hydrogen-bond acceptors (Lipinski definition) is 3. The molecule has 1 unspecified atom stereocenters. The van der Waals surface area contributed by atoms with Gasteiger partial charge in [0.05, 0.1) is 5.56 Å². The molecular formula is C30H27ClF4N4O. The maximum atomic E-state index is 14.4. The third-order valence-electron chi connectivity index (χ3n) is 7.22. The van der Waals surface area contributed by atoms with Gasteiger partial charge in [0, 0.05) is 31.7 Å². The van der Waals surface area contributed by atoms with Gasteiger partial charge < -0.3 is 10.2 Å². The molecule has 208 valence electrons. The van der Waals surface area contributed by atoms with E-state index in [1.54, 1.807) is 19.2 Å². The first-order chi connectivity index (χ1) is 19.1. The number of alkyl halides is 3. The minimum atomic E-state index is -4.75. The van der Waals surface area contributed by atoms with E-state index in [0.29, 0.717) is 25.1 Å². The molecule has 1 aliphatic heterocycles. The predicted octanol–water partition coefficient (Wildman–Crippen LogP) is 6.73. The molecule has 1 aliphatic rings. The van der Waals surface area contributed by atoms with Crippen LogP contribution in [0.1, 0.15) is 50.6 Å². The second kappa shape index (κ2) is 11.1. The standard InChI is InChI=1S/C30H27ClF4N4O/c1-18-6-3-4-9-23(18)24(10-12-36-2)21-15-25(30(33,34)35)28-37-26(27(31)39(28)17-21)29(40)38-13-11-20(16-38)19-7-5-8-22(32)14-19/h3-10,14-15,17,20,36H,11-13,16H2,1-2H3/b24-10-. The van der Waals surface area contributed by atoms with Gasteiger partial charge in [-0.2, -0.15) is 13.2 Å². The van der Waals surface area contributed by atoms with Crippen molar-refractivity contribution in [3.8, 4) is 0 Å². The molecule has 1 atom stereocenters. The van der Waals surface area contributed by atoms with Crippen LogP contribution >= 0.6 is 11.6 Å². The molecule has 3 heterocycles. The zero-order chi connectivity index (χ0) is 28.6. The van der Waals surface area contributed by atoms with E-state index in [-0.39, 0.29) is 34.7 Å². The number of nitrogens with one attached hydrogen (secondary N) is 1. The van der Waals surface area contributed by atoms with Crippen molar-refractivity contribution in [2.75, 3.05) is 26.7 Å². The molecule has 0 aliphatic carbocycles. The van der Waals surface area contributed by atoms with E-state index in [1.807, 2.05) is 37.3 Å². The van der Waals surface area contributed by atoms with Gasteiger partial charge in [-0.15, -0.1) is 0 Å². The monoisotopic (exact) mass is 570 g/mol. The van der Waals surface area contributed by atoms with Crippen LogP contribution in [0.5, 0.6) is 0 Å². The number of amides is 1. The number of aryl methyl sites for hydroxylation is 1. The highest BCUT2D eigenvalue weighted by Gasteiger charge is 2.37. The summed E-state index contributed by atoms with van der Waals surface area (Å²) in [6.45, 7) is 2.95. The summed E-state index contributed by atoms with van der Waals surface area (Å²) in [5, 5.41) is 2.81. The van der Waals surface area contributed by atoms with Crippen LogP contribution in [-0.2, 0) is 6.18 Å². The quantitative estimate of drug-likeness (QED) is 0.261. The van der Waals surface area contributed by atoms with Crippen molar-refractivity contribution in [2.45, 2.75) is 25.4 Å². The van der Waals surface area contributed by atoms with E-state index in [2.05, 4.69) is 10.3 Å². The number of carbonyl (C=O) groups is 1. The Kier molecular flexibility index (Phi) is 7.70. The number of nitrogens with zero attached hydrogens (tertiary/aromatic N) is 3. The fourth-order valence-corrected chi connectivity index (χ4v) is 5.45. The first kappa shape index (κ1) is 27.9. The van der Waals surface area contributed by atoms with Crippen LogP contribution in [0.2, 0.25) is 5.15 Å². The summed E-state index contributed by atoms with van der Waals surface area (Å²) in [5.41, 5.74) is 1.63. The highest BCUT2D eigenvalue weighted by Crippen LogP contribution is 2.38. The fourth-order valence-electron chi connectivity index (χ4n) is 5.20. The van der Waals surface area contributed by atoms with E-state index in [4.69, 9.17) is 11.6 Å². The summed E-state index contributed by atoms with van der Waals surface area (Å²) in [4.78, 5) is 19.1. The van der Waals surface area contributed by atoms with Gasteiger partial charge >= 0.3 is 6.18 Å². The van der Waals surface area contributed by atoms with Crippen molar-refractivity contribution in [3.05, 3.63) is 111 Å². The second-order valence-corrected chi connectivity index (χ2v) is 10.2. The fraction of sp³-hybridized carbons (Fsp3) is 0.267. The summed E-state index contributed by atoms with van der Waals surface area (Å²) < 4.78 is 57.9. The number of benzene rings is 2. The zero-order valence-corrected chi connectivity index (χ0v) is 22.7. The molecule has 0 saturated carbocycles. The Morgan fingerprint density at radius 1 is 1.18 bits per heavy atom. The summed E-state index contributed by atoms with van der Waals surface area (Å²) in [5.74, 6) is -1.02. The van der Waals surface area contributed by atoms with Gasteiger partial charge in [0.1, 0.15) is 11.0 Å². The van der Waals surface area contributed by atoms with Gasteiger partial charge in [0.25, 0.3) is 5.91 Å². The van der Waals surface area contributed by atoms with E-state index in [1.165, 1.54) is 23.2 Å². The summed E-state index contributed by atoms with van der Waals surface area (Å²) >= 11 is 6.59. The van der Waals surface area contributed by atoms with Gasteiger partial charge in [0.2, 0.25) is 0 Å². The molecule has 1 N–H and O–H groups in total. The van der Waals surface area contributed by atoms with Crippen LogP contribution in [0.4, 0.5) is 17.6 Å². The van der Waals surface area contributed by atoms with Crippen LogP contribution in [0.3, 0.4) is 0 Å². The van der Waals surface area contributed by atoms with Crippen molar-refractivity contribution in [2.24, 2.45) is 0 Å². The number of carbonyl (C=O) groups excluding carboxylic acids is 1. The third kappa shape index (κ3) is 5.36. The summed E-state index contributed by atoms with van der Waals surface area (Å²) in [6, 6.07) is 14.7. The lowest BCUT2D eigenvalue weighted by Crippen LogP contribution is -2.29. The topological polar surface area (TPSA) is 49.6 Å². The van der Waals surface area contributed by atoms with Crippen molar-refractivity contribution < 1.29 is 22.4 Å². The number of halogens is 5. The zero-order valence-electron chi connectivity index (χ0n) is 21.9. The van der Waals surface area contributed by atoms with Crippen molar-refractivity contribution in [1.82, 2.24) is 19.6 Å². The number of pyridine rings is 1. The molecule has 0 bridgehead atoms. The molecule has 1 amide bonds. The Balaban J connectivity index is 1.58. The van der Waals surface area contributed by atoms with Crippen LogP contribution < -0.4 is 5.32 Å². The molecule has 1 saturated heterocycles. The minimum Gasteiger partial charge on any atom is -0.337 e. The number of likely N-dealkylation sites (tertiary alicyclic amines) is 1. The summed E-state index contributed by atoms with van der Waals surface area (Å²) in [6.07, 6.45) is -0.849. The lowest BCUT2D eigenvalue weighted by molar-refractivity contribution is -0.136. The van der Waals surface area contributed by atoms with Gasteiger partial charge in [-0.3, -0.25) is 9.20 Å². The SMILES string of the molecule is CNC/C=C(/c1cc(C(F)(F)F)c2nc(C(=O)N3CCC(c4cccc(F)c4)C3)c(Cl)n2c1)c1ccccc1C.